The van der Waals surface area contributed by atoms with Crippen LogP contribution in [-0.4, -0.2) is 22.3 Å². The summed E-state index contributed by atoms with van der Waals surface area (Å²) >= 11 is 0. The molecule has 0 spiro atoms. The zero-order valence-electron chi connectivity index (χ0n) is 10.8. The van der Waals surface area contributed by atoms with Gasteiger partial charge in [0.1, 0.15) is 5.60 Å². The molecule has 0 heterocycles. The topological polar surface area (TPSA) is 46.5 Å². The van der Waals surface area contributed by atoms with Crippen molar-refractivity contribution < 1.29 is 14.6 Å². The predicted octanol–water partition coefficient (Wildman–Crippen LogP) is 2.58. The highest BCUT2D eigenvalue weighted by molar-refractivity contribution is 5.87. The second-order valence-corrected chi connectivity index (χ2v) is 5.78. The molecule has 1 N–H and O–H groups in total. The first-order chi connectivity index (χ1) is 7.91. The summed E-state index contributed by atoms with van der Waals surface area (Å²) in [5.74, 6) is 0.106. The summed E-state index contributed by atoms with van der Waals surface area (Å²) in [5, 5.41) is 10.3. The van der Waals surface area contributed by atoms with Crippen molar-refractivity contribution in [2.24, 2.45) is 5.92 Å². The number of esters is 1. The number of rotatable bonds is 3. The number of aliphatic hydroxyl groups is 1. The third-order valence-electron chi connectivity index (χ3n) is 4.31. The molecular formula is C14H22O3. The van der Waals surface area contributed by atoms with Gasteiger partial charge >= 0.3 is 5.97 Å². The normalized spacial score (nSPS) is 40.1. The number of fused-ring (bicyclic) bond motifs is 1. The molecule has 2 aliphatic carbocycles. The molecule has 2 rings (SSSR count). The third-order valence-corrected chi connectivity index (χ3v) is 4.31. The van der Waals surface area contributed by atoms with Gasteiger partial charge in [0, 0.05) is 12.0 Å². The molecule has 3 heteroatoms. The van der Waals surface area contributed by atoms with E-state index in [1.54, 1.807) is 6.92 Å². The molecule has 0 bridgehead atoms. The van der Waals surface area contributed by atoms with Gasteiger partial charge in [-0.2, -0.15) is 0 Å². The quantitative estimate of drug-likeness (QED) is 0.607. The first-order valence-electron chi connectivity index (χ1n) is 6.52. The van der Waals surface area contributed by atoms with E-state index in [9.17, 15) is 9.90 Å². The highest BCUT2D eigenvalue weighted by atomic mass is 16.6. The molecule has 3 unspecified atom stereocenters. The lowest BCUT2D eigenvalue weighted by atomic mass is 9.88. The zero-order chi connectivity index (χ0) is 12.7. The molecule has 3 nitrogen and oxygen atoms in total. The van der Waals surface area contributed by atoms with Gasteiger partial charge in [-0.1, -0.05) is 13.5 Å². The molecule has 0 aromatic carbocycles. The van der Waals surface area contributed by atoms with Gasteiger partial charge in [-0.15, -0.1) is 0 Å². The van der Waals surface area contributed by atoms with Crippen molar-refractivity contribution in [3.8, 4) is 0 Å². The Morgan fingerprint density at radius 3 is 2.88 bits per heavy atom. The molecule has 0 amide bonds. The highest BCUT2D eigenvalue weighted by Crippen LogP contribution is 2.55. The summed E-state index contributed by atoms with van der Waals surface area (Å²) in [4.78, 5) is 11.7. The van der Waals surface area contributed by atoms with Crippen LogP contribution < -0.4 is 0 Å². The van der Waals surface area contributed by atoms with Crippen LogP contribution >= 0.6 is 0 Å². The molecule has 0 radical (unpaired) electrons. The van der Waals surface area contributed by atoms with Gasteiger partial charge in [-0.3, -0.25) is 0 Å². The lowest BCUT2D eigenvalue weighted by Crippen LogP contribution is -2.38. The minimum atomic E-state index is -0.568. The van der Waals surface area contributed by atoms with Gasteiger partial charge in [0.05, 0.1) is 5.60 Å². The molecule has 17 heavy (non-hydrogen) atoms. The van der Waals surface area contributed by atoms with Crippen molar-refractivity contribution in [3.63, 3.8) is 0 Å². The molecule has 2 aliphatic rings. The smallest absolute Gasteiger partial charge is 0.333 e. The molecule has 0 saturated heterocycles. The Labute approximate surface area is 103 Å². The van der Waals surface area contributed by atoms with E-state index in [2.05, 4.69) is 6.58 Å². The van der Waals surface area contributed by atoms with Crippen LogP contribution in [0.3, 0.4) is 0 Å². The fourth-order valence-electron chi connectivity index (χ4n) is 3.02. The standard InChI is InChI=1S/C14H22O3/c1-4-13(17-12(15)10(2)3)7-5-6-11-8-14(11,16)9-13/h11,16H,2,4-9H2,1,3H3. The van der Waals surface area contributed by atoms with Gasteiger partial charge in [0.2, 0.25) is 0 Å². The predicted molar refractivity (Wildman–Crippen MR) is 65.5 cm³/mol. The van der Waals surface area contributed by atoms with Gasteiger partial charge in [0.15, 0.2) is 0 Å². The van der Waals surface area contributed by atoms with E-state index in [4.69, 9.17) is 4.74 Å². The van der Waals surface area contributed by atoms with Crippen molar-refractivity contribution in [3.05, 3.63) is 12.2 Å². The maximum absolute atomic E-state index is 11.7. The van der Waals surface area contributed by atoms with E-state index in [1.165, 1.54) is 0 Å². The number of carbonyl (C=O) groups excluding carboxylic acids is 1. The van der Waals surface area contributed by atoms with Gasteiger partial charge in [0.25, 0.3) is 0 Å². The first kappa shape index (κ1) is 12.6. The van der Waals surface area contributed by atoms with E-state index in [-0.39, 0.29) is 5.97 Å². The van der Waals surface area contributed by atoms with Crippen molar-refractivity contribution in [2.75, 3.05) is 0 Å². The van der Waals surface area contributed by atoms with Crippen molar-refractivity contribution >= 4 is 5.97 Å². The van der Waals surface area contributed by atoms with Crippen LogP contribution in [0.1, 0.15) is 52.4 Å². The fourth-order valence-corrected chi connectivity index (χ4v) is 3.02. The van der Waals surface area contributed by atoms with Crippen LogP contribution in [0.25, 0.3) is 0 Å². The average molecular weight is 238 g/mol. The fraction of sp³-hybridized carbons (Fsp3) is 0.786. The monoisotopic (exact) mass is 238 g/mol. The molecule has 0 aromatic heterocycles. The Kier molecular flexibility index (Phi) is 3.06. The van der Waals surface area contributed by atoms with E-state index in [0.717, 1.165) is 32.1 Å². The zero-order valence-corrected chi connectivity index (χ0v) is 10.8. The molecule has 3 atom stereocenters. The number of ether oxygens (including phenoxy) is 1. The summed E-state index contributed by atoms with van der Waals surface area (Å²) < 4.78 is 5.63. The molecule has 2 fully saturated rings. The summed E-state index contributed by atoms with van der Waals surface area (Å²) in [7, 11) is 0. The summed E-state index contributed by atoms with van der Waals surface area (Å²) in [6, 6.07) is 0. The largest absolute Gasteiger partial charge is 0.456 e. The van der Waals surface area contributed by atoms with Crippen LogP contribution in [0, 0.1) is 5.92 Å². The van der Waals surface area contributed by atoms with Crippen LogP contribution in [0.15, 0.2) is 12.2 Å². The van der Waals surface area contributed by atoms with Crippen LogP contribution in [0.5, 0.6) is 0 Å². The van der Waals surface area contributed by atoms with Crippen LogP contribution in [-0.2, 0) is 9.53 Å². The maximum Gasteiger partial charge on any atom is 0.333 e. The number of hydrogen-bond donors (Lipinski definition) is 1. The second kappa shape index (κ2) is 4.13. The SMILES string of the molecule is C=C(C)C(=O)OC1(CC)CCCC2CC2(O)C1. The summed E-state index contributed by atoms with van der Waals surface area (Å²) in [6.45, 7) is 7.31. The number of hydrogen-bond acceptors (Lipinski definition) is 3. The van der Waals surface area contributed by atoms with Crippen molar-refractivity contribution in [2.45, 2.75) is 63.6 Å². The van der Waals surface area contributed by atoms with E-state index in [1.807, 2.05) is 6.92 Å². The molecular weight excluding hydrogens is 216 g/mol. The molecule has 2 saturated carbocycles. The van der Waals surface area contributed by atoms with Crippen LogP contribution in [0.4, 0.5) is 0 Å². The van der Waals surface area contributed by atoms with Crippen molar-refractivity contribution in [1.82, 2.24) is 0 Å². The maximum atomic E-state index is 11.7. The van der Waals surface area contributed by atoms with Gasteiger partial charge in [-0.05, 0) is 44.9 Å². The summed E-state index contributed by atoms with van der Waals surface area (Å²) in [6.07, 6.45) is 5.19. The molecule has 0 aromatic rings. The Morgan fingerprint density at radius 1 is 1.59 bits per heavy atom. The van der Waals surface area contributed by atoms with Gasteiger partial charge < -0.3 is 9.84 Å². The Bertz CT molecular complexity index is 349. The number of carbonyl (C=O) groups is 1. The minimum absolute atomic E-state index is 0.324. The first-order valence-corrected chi connectivity index (χ1v) is 6.52. The highest BCUT2D eigenvalue weighted by Gasteiger charge is 2.58. The van der Waals surface area contributed by atoms with E-state index >= 15 is 0 Å². The third kappa shape index (κ3) is 2.39. The molecule has 0 aliphatic heterocycles. The Hall–Kier alpha value is -0.830. The second-order valence-electron chi connectivity index (χ2n) is 5.78. The lowest BCUT2D eigenvalue weighted by molar-refractivity contribution is -0.160. The minimum Gasteiger partial charge on any atom is -0.456 e. The average Bonchev–Trinajstić information content (AvgIpc) is 2.88. The Morgan fingerprint density at radius 2 is 2.29 bits per heavy atom. The molecule has 96 valence electrons. The summed E-state index contributed by atoms with van der Waals surface area (Å²) in [5.41, 5.74) is -0.612. The lowest BCUT2D eigenvalue weighted by Gasteiger charge is -2.33. The van der Waals surface area contributed by atoms with E-state index < -0.39 is 11.2 Å². The van der Waals surface area contributed by atoms with Crippen molar-refractivity contribution in [1.29, 1.82) is 0 Å². The van der Waals surface area contributed by atoms with Crippen LogP contribution in [0.2, 0.25) is 0 Å². The van der Waals surface area contributed by atoms with Gasteiger partial charge in [-0.25, -0.2) is 4.79 Å². The Balaban J connectivity index is 2.12. The van der Waals surface area contributed by atoms with E-state index in [0.29, 0.717) is 17.9 Å².